The molecule has 4 rings (SSSR count). The van der Waals surface area contributed by atoms with E-state index in [-0.39, 0.29) is 23.6 Å². The third-order valence-electron chi connectivity index (χ3n) is 6.32. The highest BCUT2D eigenvalue weighted by Crippen LogP contribution is 2.47. The first-order valence-electron chi connectivity index (χ1n) is 11.7. The number of nitrogen functional groups attached to an aromatic ring is 1. The molecule has 2 heterocycles. The summed E-state index contributed by atoms with van der Waals surface area (Å²) < 4.78 is 26.0. The second-order valence-corrected chi connectivity index (χ2v) is 10.2. The maximum Gasteiger partial charge on any atom is 0.410 e. The molecule has 8 heteroatoms. The van der Waals surface area contributed by atoms with E-state index in [2.05, 4.69) is 9.97 Å². The minimum Gasteiger partial charge on any atom is -0.490 e. The molecule has 2 fully saturated rings. The Kier molecular flexibility index (Phi) is 6.72. The van der Waals surface area contributed by atoms with Crippen molar-refractivity contribution >= 4 is 11.9 Å². The minimum atomic E-state index is -0.519. The molecule has 2 aliphatic rings. The van der Waals surface area contributed by atoms with Gasteiger partial charge in [-0.15, -0.1) is 0 Å². The highest BCUT2D eigenvalue weighted by Gasteiger charge is 2.33. The summed E-state index contributed by atoms with van der Waals surface area (Å²) in [7, 11) is 0. The Morgan fingerprint density at radius 2 is 2.00 bits per heavy atom. The van der Waals surface area contributed by atoms with Crippen molar-refractivity contribution in [3.8, 4) is 5.75 Å². The van der Waals surface area contributed by atoms with Crippen molar-refractivity contribution in [2.75, 3.05) is 25.4 Å². The van der Waals surface area contributed by atoms with Gasteiger partial charge in [-0.05, 0) is 70.1 Å². The third kappa shape index (κ3) is 5.92. The summed E-state index contributed by atoms with van der Waals surface area (Å²) in [6, 6.07) is 5.25. The van der Waals surface area contributed by atoms with E-state index in [0.29, 0.717) is 37.4 Å². The molecule has 1 atom stereocenters. The molecule has 1 saturated carbocycles. The Morgan fingerprint density at radius 3 is 2.67 bits per heavy atom. The van der Waals surface area contributed by atoms with Gasteiger partial charge >= 0.3 is 6.09 Å². The summed E-state index contributed by atoms with van der Waals surface area (Å²) >= 11 is 0. The Hall–Kier alpha value is -2.90. The maximum atomic E-state index is 14.7. The normalized spacial score (nSPS) is 23.0. The molecule has 1 aliphatic carbocycles. The number of hydrogen-bond acceptors (Lipinski definition) is 6. The number of halogens is 1. The number of anilines is 1. The summed E-state index contributed by atoms with van der Waals surface area (Å²) in [6.07, 6.45) is 6.66. The van der Waals surface area contributed by atoms with E-state index in [1.54, 1.807) is 29.4 Å². The van der Waals surface area contributed by atoms with E-state index in [0.717, 1.165) is 36.9 Å². The summed E-state index contributed by atoms with van der Waals surface area (Å²) in [6.45, 7) is 7.19. The van der Waals surface area contributed by atoms with Crippen LogP contribution in [0.2, 0.25) is 0 Å². The molecule has 0 spiro atoms. The van der Waals surface area contributed by atoms with Crippen molar-refractivity contribution in [2.24, 2.45) is 5.92 Å². The molecule has 2 N–H and O–H groups in total. The number of carbonyl (C=O) groups excluding carboxylic acids is 1. The predicted octanol–water partition coefficient (Wildman–Crippen LogP) is 4.89. The van der Waals surface area contributed by atoms with Crippen LogP contribution in [0, 0.1) is 11.7 Å². The van der Waals surface area contributed by atoms with Crippen LogP contribution >= 0.6 is 0 Å². The topological polar surface area (TPSA) is 90.6 Å². The summed E-state index contributed by atoms with van der Waals surface area (Å²) in [4.78, 5) is 22.5. The number of aromatic nitrogens is 2. The van der Waals surface area contributed by atoms with Crippen LogP contribution in [0.5, 0.6) is 5.75 Å². The molecule has 1 aromatic heterocycles. The predicted molar refractivity (Wildman–Crippen MR) is 124 cm³/mol. The standard InChI is InChI=1S/C25H33FN4O3/c1-25(2,3)33-24(31)30-8-4-5-16(14-30)15-32-22-7-6-17(11-20(22)26)18-9-19(10-18)21-12-29-23(27)13-28-21/h6-7,11-13,16,18-19H,4-5,8-10,14-15H2,1-3H3,(H2,27,29). The average Bonchev–Trinajstić information content (AvgIpc) is 2.72. The molecule has 1 aliphatic heterocycles. The van der Waals surface area contributed by atoms with E-state index in [1.165, 1.54) is 0 Å². The van der Waals surface area contributed by atoms with Crippen LogP contribution in [-0.2, 0) is 4.74 Å². The van der Waals surface area contributed by atoms with E-state index < -0.39 is 5.60 Å². The number of piperidine rings is 1. The smallest absolute Gasteiger partial charge is 0.410 e. The average molecular weight is 457 g/mol. The van der Waals surface area contributed by atoms with Crippen LogP contribution in [0.15, 0.2) is 30.6 Å². The van der Waals surface area contributed by atoms with Gasteiger partial charge in [0.25, 0.3) is 0 Å². The number of nitrogens with two attached hydrogens (primary N) is 1. The number of rotatable bonds is 5. The van der Waals surface area contributed by atoms with Gasteiger partial charge in [0.05, 0.1) is 24.7 Å². The third-order valence-corrected chi connectivity index (χ3v) is 6.32. The lowest BCUT2D eigenvalue weighted by atomic mass is 9.70. The van der Waals surface area contributed by atoms with Crippen LogP contribution < -0.4 is 10.5 Å². The molecule has 1 amide bonds. The van der Waals surface area contributed by atoms with E-state index >= 15 is 0 Å². The second kappa shape index (κ2) is 9.53. The number of likely N-dealkylation sites (tertiary alicyclic amines) is 1. The van der Waals surface area contributed by atoms with Crippen molar-refractivity contribution in [2.45, 2.75) is 63.9 Å². The van der Waals surface area contributed by atoms with Crippen LogP contribution in [-0.4, -0.2) is 46.3 Å². The zero-order chi connectivity index (χ0) is 23.6. The van der Waals surface area contributed by atoms with Crippen molar-refractivity contribution in [3.05, 3.63) is 47.7 Å². The Bertz CT molecular complexity index is 971. The first-order valence-corrected chi connectivity index (χ1v) is 11.7. The second-order valence-electron chi connectivity index (χ2n) is 10.2. The largest absolute Gasteiger partial charge is 0.490 e. The number of amides is 1. The highest BCUT2D eigenvalue weighted by molar-refractivity contribution is 5.68. The van der Waals surface area contributed by atoms with E-state index in [1.807, 2.05) is 26.8 Å². The van der Waals surface area contributed by atoms with Gasteiger partial charge in [-0.25, -0.2) is 14.2 Å². The highest BCUT2D eigenvalue weighted by atomic mass is 19.1. The molecule has 1 saturated heterocycles. The molecule has 7 nitrogen and oxygen atoms in total. The minimum absolute atomic E-state index is 0.152. The quantitative estimate of drug-likeness (QED) is 0.689. The zero-order valence-electron chi connectivity index (χ0n) is 19.6. The molecule has 33 heavy (non-hydrogen) atoms. The van der Waals surface area contributed by atoms with Crippen molar-refractivity contribution in [1.82, 2.24) is 14.9 Å². The monoisotopic (exact) mass is 456 g/mol. The molecule has 0 bridgehead atoms. The fraction of sp³-hybridized carbons (Fsp3) is 0.560. The van der Waals surface area contributed by atoms with Crippen molar-refractivity contribution in [3.63, 3.8) is 0 Å². The molecule has 178 valence electrons. The molecular formula is C25H33FN4O3. The number of ether oxygens (including phenoxy) is 2. The fourth-order valence-electron chi connectivity index (χ4n) is 4.48. The van der Waals surface area contributed by atoms with Gasteiger partial charge in [0.1, 0.15) is 11.4 Å². The fourth-order valence-corrected chi connectivity index (χ4v) is 4.48. The van der Waals surface area contributed by atoms with Crippen LogP contribution in [0.4, 0.5) is 15.0 Å². The Labute approximate surface area is 194 Å². The van der Waals surface area contributed by atoms with Crippen LogP contribution in [0.25, 0.3) is 0 Å². The Balaban J connectivity index is 1.27. The summed E-state index contributed by atoms with van der Waals surface area (Å²) in [5, 5.41) is 0. The van der Waals surface area contributed by atoms with Gasteiger partial charge in [0, 0.05) is 24.9 Å². The van der Waals surface area contributed by atoms with Gasteiger partial charge in [-0.2, -0.15) is 0 Å². The lowest BCUT2D eigenvalue weighted by Crippen LogP contribution is -2.44. The Morgan fingerprint density at radius 1 is 1.21 bits per heavy atom. The van der Waals surface area contributed by atoms with Crippen LogP contribution in [0.1, 0.15) is 69.5 Å². The molecule has 1 unspecified atom stereocenters. The summed E-state index contributed by atoms with van der Waals surface area (Å²) in [5.41, 5.74) is 7.00. The summed E-state index contributed by atoms with van der Waals surface area (Å²) in [5.74, 6) is 1.12. The first-order chi connectivity index (χ1) is 15.7. The first kappa shape index (κ1) is 23.3. The van der Waals surface area contributed by atoms with Gasteiger partial charge in [0.15, 0.2) is 11.6 Å². The van der Waals surface area contributed by atoms with Gasteiger partial charge < -0.3 is 20.1 Å². The van der Waals surface area contributed by atoms with Gasteiger partial charge in [-0.1, -0.05) is 6.07 Å². The number of benzene rings is 1. The molecule has 0 radical (unpaired) electrons. The van der Waals surface area contributed by atoms with Crippen LogP contribution in [0.3, 0.4) is 0 Å². The zero-order valence-corrected chi connectivity index (χ0v) is 19.6. The SMILES string of the molecule is CC(C)(C)OC(=O)N1CCCC(COc2ccc(C3CC(c4cnc(N)cn4)C3)cc2F)C1. The number of carbonyl (C=O) groups is 1. The van der Waals surface area contributed by atoms with E-state index in [4.69, 9.17) is 15.2 Å². The van der Waals surface area contributed by atoms with E-state index in [9.17, 15) is 9.18 Å². The molecular weight excluding hydrogens is 423 g/mol. The lowest BCUT2D eigenvalue weighted by Gasteiger charge is -2.35. The van der Waals surface area contributed by atoms with Gasteiger partial charge in [-0.3, -0.25) is 4.98 Å². The number of hydrogen-bond donors (Lipinski definition) is 1. The lowest BCUT2D eigenvalue weighted by molar-refractivity contribution is 0.0138. The van der Waals surface area contributed by atoms with Crippen molar-refractivity contribution < 1.29 is 18.7 Å². The van der Waals surface area contributed by atoms with Gasteiger partial charge in [0.2, 0.25) is 0 Å². The maximum absolute atomic E-state index is 14.7. The number of nitrogens with zero attached hydrogens (tertiary/aromatic N) is 3. The molecule has 2 aromatic rings. The van der Waals surface area contributed by atoms with Crippen molar-refractivity contribution in [1.29, 1.82) is 0 Å². The molecule has 1 aromatic carbocycles.